The minimum Gasteiger partial charge on any atom is -0.497 e. The number of thioether (sulfide) groups is 1. The van der Waals surface area contributed by atoms with Gasteiger partial charge in [-0.1, -0.05) is 43.8 Å². The van der Waals surface area contributed by atoms with E-state index in [0.717, 1.165) is 17.3 Å². The number of carbonyl (C=O) groups excluding carboxylic acids is 2. The number of nitrogens with one attached hydrogen (secondary N) is 2. The number of amides is 1. The van der Waals surface area contributed by atoms with Crippen molar-refractivity contribution < 1.29 is 19.1 Å². The van der Waals surface area contributed by atoms with Crippen LogP contribution in [0.25, 0.3) is 11.3 Å². The maximum atomic E-state index is 13.0. The number of anilines is 1. The van der Waals surface area contributed by atoms with E-state index < -0.39 is 10.8 Å². The molecule has 1 amide bonds. The number of H-pyrrole nitrogens is 1. The first kappa shape index (κ1) is 26.0. The lowest BCUT2D eigenvalue weighted by atomic mass is 10.0. The summed E-state index contributed by atoms with van der Waals surface area (Å²) in [5, 5.41) is 10.8. The Morgan fingerprint density at radius 3 is 2.34 bits per heavy atom. The van der Waals surface area contributed by atoms with Crippen molar-refractivity contribution in [2.45, 2.75) is 43.5 Å². The summed E-state index contributed by atoms with van der Waals surface area (Å²) in [6.07, 6.45) is 1.03. The Balaban J connectivity index is 1.78. The molecule has 9 nitrogen and oxygen atoms in total. The average molecular weight is 497 g/mol. The van der Waals surface area contributed by atoms with Crippen LogP contribution in [0.4, 0.5) is 5.69 Å². The van der Waals surface area contributed by atoms with Gasteiger partial charge in [0.1, 0.15) is 11.5 Å². The molecule has 0 aliphatic carbocycles. The molecule has 0 aliphatic rings. The minimum absolute atomic E-state index is 0.0212. The molecule has 3 aromatic rings. The van der Waals surface area contributed by atoms with Gasteiger partial charge < -0.3 is 14.8 Å². The molecule has 184 valence electrons. The lowest BCUT2D eigenvalue weighted by Gasteiger charge is -2.14. The first-order valence-corrected chi connectivity index (χ1v) is 12.0. The summed E-state index contributed by atoms with van der Waals surface area (Å²) < 4.78 is 10.6. The van der Waals surface area contributed by atoms with Crippen molar-refractivity contribution in [3.8, 4) is 22.8 Å². The molecule has 2 aromatic carbocycles. The maximum Gasteiger partial charge on any atom is 0.278 e. The Labute approximate surface area is 207 Å². The molecule has 0 bridgehead atoms. The molecular formula is C25H28N4O5S. The van der Waals surface area contributed by atoms with E-state index in [4.69, 9.17) is 9.47 Å². The quantitative estimate of drug-likeness (QED) is 0.384. The number of ketones is 1. The summed E-state index contributed by atoms with van der Waals surface area (Å²) in [5.41, 5.74) is 1.35. The summed E-state index contributed by atoms with van der Waals surface area (Å²) in [4.78, 5) is 40.4. The Morgan fingerprint density at radius 1 is 1.06 bits per heavy atom. The summed E-state index contributed by atoms with van der Waals surface area (Å²) >= 11 is 1.16. The Bertz CT molecular complexity index is 1240. The zero-order valence-electron chi connectivity index (χ0n) is 20.1. The first-order valence-electron chi connectivity index (χ1n) is 11.2. The smallest absolute Gasteiger partial charge is 0.278 e. The molecule has 0 aliphatic heterocycles. The molecule has 35 heavy (non-hydrogen) atoms. The van der Waals surface area contributed by atoms with E-state index in [1.54, 1.807) is 63.6 Å². The number of para-hydroxylation sites is 1. The van der Waals surface area contributed by atoms with Crippen LogP contribution < -0.4 is 20.3 Å². The van der Waals surface area contributed by atoms with Crippen molar-refractivity contribution in [3.63, 3.8) is 0 Å². The van der Waals surface area contributed by atoms with Crippen LogP contribution in [0.3, 0.4) is 0 Å². The van der Waals surface area contributed by atoms with Gasteiger partial charge in [0.25, 0.3) is 5.56 Å². The van der Waals surface area contributed by atoms with E-state index in [1.165, 1.54) is 0 Å². The van der Waals surface area contributed by atoms with Gasteiger partial charge in [-0.3, -0.25) is 19.4 Å². The van der Waals surface area contributed by atoms with Crippen molar-refractivity contribution in [2.24, 2.45) is 0 Å². The third kappa shape index (κ3) is 6.69. The first-order chi connectivity index (χ1) is 16.9. The Morgan fingerprint density at radius 2 is 1.74 bits per heavy atom. The van der Waals surface area contributed by atoms with Gasteiger partial charge in [0.05, 0.1) is 25.2 Å². The second kappa shape index (κ2) is 12.2. The van der Waals surface area contributed by atoms with Gasteiger partial charge in [-0.15, -0.1) is 10.2 Å². The van der Waals surface area contributed by atoms with Crippen molar-refractivity contribution in [1.82, 2.24) is 15.2 Å². The molecule has 0 saturated carbocycles. The average Bonchev–Trinajstić information content (AvgIpc) is 2.87. The number of nitrogens with zero attached hydrogens (tertiary/aromatic N) is 2. The van der Waals surface area contributed by atoms with Gasteiger partial charge in [0.15, 0.2) is 16.6 Å². The number of hydrogen-bond donors (Lipinski definition) is 2. The fourth-order valence-corrected chi connectivity index (χ4v) is 4.27. The van der Waals surface area contributed by atoms with Crippen molar-refractivity contribution in [2.75, 3.05) is 19.5 Å². The molecule has 1 heterocycles. The predicted octanol–water partition coefficient (Wildman–Crippen LogP) is 3.88. The highest BCUT2D eigenvalue weighted by Crippen LogP contribution is 2.28. The van der Waals surface area contributed by atoms with Crippen LogP contribution in [-0.4, -0.2) is 46.3 Å². The highest BCUT2D eigenvalue weighted by molar-refractivity contribution is 8.00. The van der Waals surface area contributed by atoms with Crippen LogP contribution in [0.2, 0.25) is 0 Å². The molecule has 0 fully saturated rings. The van der Waals surface area contributed by atoms with Gasteiger partial charge in [0, 0.05) is 24.5 Å². The fourth-order valence-electron chi connectivity index (χ4n) is 3.38. The number of Topliss-reactive ketones (excluding diaryl/α,β-unsaturated/α-hetero) is 1. The van der Waals surface area contributed by atoms with Crippen LogP contribution in [0.1, 0.15) is 32.3 Å². The minimum atomic E-state index is -0.458. The van der Waals surface area contributed by atoms with Crippen LogP contribution in [0.15, 0.2) is 52.4 Å². The van der Waals surface area contributed by atoms with E-state index in [0.29, 0.717) is 35.6 Å². The Hall–Kier alpha value is -3.66. The lowest BCUT2D eigenvalue weighted by molar-refractivity contribution is -0.118. The standard InChI is InChI=1S/C25H28N4O5S/c1-5-21(20(30)13-15-11-16(33-3)14-17(12-15)34-4)35-25-27-24(32)23(28-29-25)18-9-7-8-10-19(18)26-22(31)6-2/h7-12,14,21H,5-6,13H2,1-4H3,(H,26,31)(H,27,29,32). The van der Waals surface area contributed by atoms with Gasteiger partial charge in [-0.2, -0.15) is 0 Å². The highest BCUT2D eigenvalue weighted by atomic mass is 32.2. The van der Waals surface area contributed by atoms with E-state index in [9.17, 15) is 14.4 Å². The number of aromatic amines is 1. The molecular weight excluding hydrogens is 468 g/mol. The second-order valence-electron chi connectivity index (χ2n) is 7.63. The number of rotatable bonds is 11. The fraction of sp³-hybridized carbons (Fsp3) is 0.320. The largest absolute Gasteiger partial charge is 0.497 e. The summed E-state index contributed by atoms with van der Waals surface area (Å²) in [6.45, 7) is 3.64. The number of ether oxygens (including phenoxy) is 2. The molecule has 3 rings (SSSR count). The number of hydrogen-bond acceptors (Lipinski definition) is 8. The lowest BCUT2D eigenvalue weighted by Crippen LogP contribution is -2.21. The zero-order chi connectivity index (χ0) is 25.4. The predicted molar refractivity (Wildman–Crippen MR) is 135 cm³/mol. The number of benzene rings is 2. The molecule has 10 heteroatoms. The normalized spacial score (nSPS) is 11.5. The second-order valence-corrected chi connectivity index (χ2v) is 8.83. The molecule has 1 atom stereocenters. The van der Waals surface area contributed by atoms with Gasteiger partial charge in [-0.25, -0.2) is 0 Å². The monoisotopic (exact) mass is 496 g/mol. The van der Waals surface area contributed by atoms with Crippen LogP contribution in [-0.2, 0) is 16.0 Å². The van der Waals surface area contributed by atoms with Gasteiger partial charge in [-0.05, 0) is 30.2 Å². The number of carbonyl (C=O) groups is 2. The number of aromatic nitrogens is 3. The van der Waals surface area contributed by atoms with Gasteiger partial charge >= 0.3 is 0 Å². The molecule has 0 saturated heterocycles. The van der Waals surface area contributed by atoms with Crippen molar-refractivity contribution >= 4 is 29.1 Å². The van der Waals surface area contributed by atoms with Crippen molar-refractivity contribution in [1.29, 1.82) is 0 Å². The molecule has 1 unspecified atom stereocenters. The van der Waals surface area contributed by atoms with Crippen LogP contribution in [0.5, 0.6) is 11.5 Å². The van der Waals surface area contributed by atoms with Crippen LogP contribution in [0, 0.1) is 0 Å². The third-order valence-corrected chi connectivity index (χ3v) is 6.51. The van der Waals surface area contributed by atoms with E-state index in [2.05, 4.69) is 20.5 Å². The van der Waals surface area contributed by atoms with E-state index in [1.807, 2.05) is 6.92 Å². The molecule has 2 N–H and O–H groups in total. The molecule has 0 spiro atoms. The molecule has 1 aromatic heterocycles. The topological polar surface area (TPSA) is 123 Å². The van der Waals surface area contributed by atoms with Crippen molar-refractivity contribution in [3.05, 3.63) is 58.4 Å². The SMILES string of the molecule is CCC(=O)Nc1ccccc1-c1nnc(SC(CC)C(=O)Cc2cc(OC)cc(OC)c2)[nH]c1=O. The summed E-state index contributed by atoms with van der Waals surface area (Å²) in [6, 6.07) is 12.2. The number of methoxy groups -OCH3 is 2. The summed E-state index contributed by atoms with van der Waals surface area (Å²) in [7, 11) is 3.11. The Kier molecular flexibility index (Phi) is 9.02. The maximum absolute atomic E-state index is 13.0. The zero-order valence-corrected chi connectivity index (χ0v) is 20.9. The highest BCUT2D eigenvalue weighted by Gasteiger charge is 2.21. The summed E-state index contributed by atoms with van der Waals surface area (Å²) in [5.74, 6) is 1.02. The molecule has 0 radical (unpaired) electrons. The van der Waals surface area contributed by atoms with E-state index >= 15 is 0 Å². The van der Waals surface area contributed by atoms with Crippen LogP contribution >= 0.6 is 11.8 Å². The van der Waals surface area contributed by atoms with E-state index in [-0.39, 0.29) is 29.0 Å². The third-order valence-electron chi connectivity index (χ3n) is 5.23. The van der Waals surface area contributed by atoms with Gasteiger partial charge in [0.2, 0.25) is 5.91 Å².